The summed E-state index contributed by atoms with van der Waals surface area (Å²) in [5, 5.41) is 1.06. The molecule has 0 amide bonds. The molecule has 0 atom stereocenters. The summed E-state index contributed by atoms with van der Waals surface area (Å²) in [5.74, 6) is 0.793. The first kappa shape index (κ1) is 20.7. The van der Waals surface area contributed by atoms with E-state index in [4.69, 9.17) is 9.73 Å². The minimum Gasteiger partial charge on any atom is -0.486 e. The fourth-order valence-corrected chi connectivity index (χ4v) is 3.88. The first-order chi connectivity index (χ1) is 16.4. The van der Waals surface area contributed by atoms with Gasteiger partial charge in [0.05, 0.1) is 12.3 Å². The van der Waals surface area contributed by atoms with E-state index in [1.54, 1.807) is 0 Å². The molecule has 160 valence electrons. The highest BCUT2D eigenvalue weighted by Gasteiger charge is 2.12. The number of nitrogens with zero attached hydrogens (tertiary/aromatic N) is 2. The highest BCUT2D eigenvalue weighted by atomic mass is 16.5. The molecule has 3 nitrogen and oxygen atoms in total. The van der Waals surface area contributed by atoms with E-state index in [9.17, 15) is 0 Å². The summed E-state index contributed by atoms with van der Waals surface area (Å²) in [6, 6.07) is 39.0. The fourth-order valence-electron chi connectivity index (χ4n) is 3.88. The van der Waals surface area contributed by atoms with Crippen molar-refractivity contribution in [3.63, 3.8) is 0 Å². The number of benzene rings is 4. The molecule has 5 rings (SSSR count). The summed E-state index contributed by atoms with van der Waals surface area (Å²) >= 11 is 0. The van der Waals surface area contributed by atoms with Gasteiger partial charge in [0.25, 0.3) is 0 Å². The number of aliphatic imine (C=N–C) groups is 1. The summed E-state index contributed by atoms with van der Waals surface area (Å²) in [4.78, 5) is 9.69. The van der Waals surface area contributed by atoms with Crippen molar-refractivity contribution in [2.45, 2.75) is 13.2 Å². The molecule has 3 heteroatoms. The maximum Gasteiger partial charge on any atom is 0.151 e. The van der Waals surface area contributed by atoms with Crippen molar-refractivity contribution < 1.29 is 4.74 Å². The first-order valence-electron chi connectivity index (χ1n) is 11.1. The van der Waals surface area contributed by atoms with Gasteiger partial charge in [-0.15, -0.1) is 0 Å². The lowest BCUT2D eigenvalue weighted by molar-refractivity contribution is 0.306. The molecule has 0 radical (unpaired) electrons. The Labute approximate surface area is 194 Å². The van der Waals surface area contributed by atoms with Crippen LogP contribution in [-0.2, 0) is 13.2 Å². The number of ether oxygens (including phenoxy) is 1. The van der Waals surface area contributed by atoms with Crippen LogP contribution in [0.15, 0.2) is 126 Å². The summed E-state index contributed by atoms with van der Waals surface area (Å²) < 4.78 is 6.35. The largest absolute Gasteiger partial charge is 0.486 e. The molecular weight excluding hydrogens is 404 g/mol. The Hall–Kier alpha value is -4.24. The van der Waals surface area contributed by atoms with Gasteiger partial charge >= 0.3 is 0 Å². The molecule has 1 heterocycles. The lowest BCUT2D eigenvalue weighted by Gasteiger charge is -2.14. The number of hydrogen-bond donors (Lipinski definition) is 0. The molecular formula is C30H24N2O. The van der Waals surface area contributed by atoms with Crippen molar-refractivity contribution in [2.75, 3.05) is 0 Å². The second-order valence-corrected chi connectivity index (χ2v) is 7.80. The van der Waals surface area contributed by atoms with E-state index in [0.717, 1.165) is 44.6 Å². The van der Waals surface area contributed by atoms with Gasteiger partial charge in [-0.2, -0.15) is 0 Å². The third-order valence-corrected chi connectivity index (χ3v) is 5.54. The van der Waals surface area contributed by atoms with Crippen LogP contribution in [0.5, 0.6) is 5.75 Å². The van der Waals surface area contributed by atoms with Gasteiger partial charge in [0.2, 0.25) is 0 Å². The monoisotopic (exact) mass is 428 g/mol. The minimum atomic E-state index is 0.484. The van der Waals surface area contributed by atoms with E-state index < -0.39 is 0 Å². The Bertz CT molecular complexity index is 1320. The van der Waals surface area contributed by atoms with Gasteiger partial charge in [-0.3, -0.25) is 9.98 Å². The molecule has 0 saturated heterocycles. The molecule has 0 unspecified atom stereocenters. The van der Waals surface area contributed by atoms with Crippen LogP contribution in [0, 0.1) is 0 Å². The molecule has 0 aliphatic rings. The molecule has 0 aliphatic carbocycles. The van der Waals surface area contributed by atoms with E-state index in [-0.39, 0.29) is 0 Å². The number of rotatable bonds is 7. The van der Waals surface area contributed by atoms with E-state index in [1.165, 1.54) is 0 Å². The average molecular weight is 429 g/mol. The van der Waals surface area contributed by atoms with Crippen molar-refractivity contribution in [3.8, 4) is 5.75 Å². The SMILES string of the molecule is c1ccc(COc2c(CN=C(c3ccccc3)c3ccccc3)ccc3cccnc23)cc1. The van der Waals surface area contributed by atoms with Crippen LogP contribution in [0.4, 0.5) is 0 Å². The quantitative estimate of drug-likeness (QED) is 0.266. The van der Waals surface area contributed by atoms with E-state index in [2.05, 4.69) is 59.6 Å². The number of fused-ring (bicyclic) bond motifs is 1. The topological polar surface area (TPSA) is 34.5 Å². The van der Waals surface area contributed by atoms with Crippen LogP contribution in [-0.4, -0.2) is 10.7 Å². The van der Waals surface area contributed by atoms with Crippen molar-refractivity contribution in [3.05, 3.63) is 144 Å². The highest BCUT2D eigenvalue weighted by molar-refractivity contribution is 6.12. The molecule has 4 aromatic carbocycles. The lowest BCUT2D eigenvalue weighted by Crippen LogP contribution is -2.05. The molecule has 0 aliphatic heterocycles. The van der Waals surface area contributed by atoms with Crippen molar-refractivity contribution >= 4 is 16.6 Å². The van der Waals surface area contributed by atoms with Crippen LogP contribution in [0.2, 0.25) is 0 Å². The zero-order valence-electron chi connectivity index (χ0n) is 18.3. The van der Waals surface area contributed by atoms with Crippen molar-refractivity contribution in [1.82, 2.24) is 4.98 Å². The van der Waals surface area contributed by atoms with Gasteiger partial charge in [0.1, 0.15) is 12.1 Å². The Balaban J connectivity index is 1.54. The fraction of sp³-hybridized carbons (Fsp3) is 0.0667. The van der Waals surface area contributed by atoms with E-state index in [0.29, 0.717) is 13.2 Å². The zero-order chi connectivity index (χ0) is 22.3. The van der Waals surface area contributed by atoms with Gasteiger partial charge in [-0.1, -0.05) is 109 Å². The van der Waals surface area contributed by atoms with Crippen LogP contribution < -0.4 is 4.74 Å². The molecule has 33 heavy (non-hydrogen) atoms. The second kappa shape index (κ2) is 9.92. The predicted octanol–water partition coefficient (Wildman–Crippen LogP) is 6.85. The Morgan fingerprint density at radius 3 is 1.97 bits per heavy atom. The van der Waals surface area contributed by atoms with Gasteiger partial charge < -0.3 is 4.74 Å². The minimum absolute atomic E-state index is 0.484. The number of aromatic nitrogens is 1. The molecule has 0 N–H and O–H groups in total. The van der Waals surface area contributed by atoms with Gasteiger partial charge in [-0.05, 0) is 11.6 Å². The van der Waals surface area contributed by atoms with Crippen LogP contribution in [0.3, 0.4) is 0 Å². The first-order valence-corrected chi connectivity index (χ1v) is 11.1. The normalized spacial score (nSPS) is 10.7. The molecule has 1 aromatic heterocycles. The van der Waals surface area contributed by atoms with Crippen molar-refractivity contribution in [1.29, 1.82) is 0 Å². The molecule has 0 saturated carbocycles. The van der Waals surface area contributed by atoms with Gasteiger partial charge in [0, 0.05) is 28.3 Å². The van der Waals surface area contributed by atoms with E-state index in [1.807, 2.05) is 66.9 Å². The third kappa shape index (κ3) is 4.83. The van der Waals surface area contributed by atoms with Crippen molar-refractivity contribution in [2.24, 2.45) is 4.99 Å². The standard InChI is InChI=1S/C30H24N2O/c1-4-11-23(12-5-1)22-33-30-27(19-18-26-17-10-20-31-29(26)30)21-32-28(24-13-6-2-7-14-24)25-15-8-3-9-16-25/h1-20H,21-22H2. The van der Waals surface area contributed by atoms with Crippen LogP contribution in [0.1, 0.15) is 22.3 Å². The summed E-state index contributed by atoms with van der Waals surface area (Å²) in [6.45, 7) is 0.979. The Morgan fingerprint density at radius 2 is 1.30 bits per heavy atom. The average Bonchev–Trinajstić information content (AvgIpc) is 2.90. The Morgan fingerprint density at radius 1 is 0.667 bits per heavy atom. The molecule has 0 bridgehead atoms. The van der Waals surface area contributed by atoms with E-state index >= 15 is 0 Å². The smallest absolute Gasteiger partial charge is 0.151 e. The van der Waals surface area contributed by atoms with Gasteiger partial charge in [-0.25, -0.2) is 0 Å². The maximum absolute atomic E-state index is 6.35. The highest BCUT2D eigenvalue weighted by Crippen LogP contribution is 2.30. The lowest BCUT2D eigenvalue weighted by atomic mass is 10.0. The van der Waals surface area contributed by atoms with Gasteiger partial charge in [0.15, 0.2) is 5.75 Å². The number of pyridine rings is 1. The summed E-state index contributed by atoms with van der Waals surface area (Å²) in [7, 11) is 0. The molecule has 0 spiro atoms. The van der Waals surface area contributed by atoms with Crippen LogP contribution >= 0.6 is 0 Å². The third-order valence-electron chi connectivity index (χ3n) is 5.54. The number of hydrogen-bond acceptors (Lipinski definition) is 3. The maximum atomic E-state index is 6.35. The summed E-state index contributed by atoms with van der Waals surface area (Å²) in [5.41, 5.74) is 6.15. The predicted molar refractivity (Wildman–Crippen MR) is 135 cm³/mol. The zero-order valence-corrected chi connectivity index (χ0v) is 18.3. The summed E-state index contributed by atoms with van der Waals surface area (Å²) in [6.07, 6.45) is 1.81. The second-order valence-electron chi connectivity index (χ2n) is 7.80. The van der Waals surface area contributed by atoms with Crippen LogP contribution in [0.25, 0.3) is 10.9 Å². The molecule has 5 aromatic rings. The Kier molecular flexibility index (Phi) is 6.21. The molecule has 0 fully saturated rings.